The standard InChI is InChI=1S/C12H13N3O5S/c1-13-11-3-2-10(15(16)17)6-12(11)21(18,19)14-7-9-4-5-20-8-9/h2-6,8,13-14H,7H2,1H3. The summed E-state index contributed by atoms with van der Waals surface area (Å²) in [5.74, 6) is 0. The normalized spacial score (nSPS) is 11.3. The molecule has 1 heterocycles. The van der Waals surface area contributed by atoms with Crippen molar-refractivity contribution in [2.24, 2.45) is 0 Å². The third kappa shape index (κ3) is 3.38. The van der Waals surface area contributed by atoms with Gasteiger partial charge in [-0.05, 0) is 12.1 Å². The average molecular weight is 311 g/mol. The van der Waals surface area contributed by atoms with Crippen molar-refractivity contribution in [3.63, 3.8) is 0 Å². The molecule has 0 aliphatic carbocycles. The number of sulfonamides is 1. The lowest BCUT2D eigenvalue weighted by molar-refractivity contribution is -0.385. The number of non-ortho nitro benzene ring substituents is 1. The second kappa shape index (κ2) is 5.94. The molecule has 0 atom stereocenters. The fraction of sp³-hybridized carbons (Fsp3) is 0.167. The van der Waals surface area contributed by atoms with E-state index in [0.717, 1.165) is 6.07 Å². The lowest BCUT2D eigenvalue weighted by Gasteiger charge is -2.10. The topological polar surface area (TPSA) is 114 Å². The summed E-state index contributed by atoms with van der Waals surface area (Å²) in [6, 6.07) is 5.23. The van der Waals surface area contributed by atoms with Gasteiger partial charge in [0, 0.05) is 31.3 Å². The van der Waals surface area contributed by atoms with E-state index in [-0.39, 0.29) is 22.8 Å². The zero-order valence-corrected chi connectivity index (χ0v) is 11.9. The summed E-state index contributed by atoms with van der Waals surface area (Å²) in [6.45, 7) is 0.0324. The molecule has 0 spiro atoms. The van der Waals surface area contributed by atoms with Crippen molar-refractivity contribution in [1.82, 2.24) is 4.72 Å². The van der Waals surface area contributed by atoms with Crippen LogP contribution in [-0.2, 0) is 16.6 Å². The molecule has 21 heavy (non-hydrogen) atoms. The molecule has 0 fully saturated rings. The minimum absolute atomic E-state index is 0.0324. The van der Waals surface area contributed by atoms with Gasteiger partial charge in [-0.25, -0.2) is 13.1 Å². The molecule has 2 aromatic rings. The number of hydrogen-bond acceptors (Lipinski definition) is 6. The van der Waals surface area contributed by atoms with Gasteiger partial charge in [0.05, 0.1) is 23.1 Å². The van der Waals surface area contributed by atoms with E-state index in [9.17, 15) is 18.5 Å². The molecule has 0 amide bonds. The molecule has 0 unspecified atom stereocenters. The Hall–Kier alpha value is -2.39. The first kappa shape index (κ1) is 15.0. The van der Waals surface area contributed by atoms with E-state index in [1.54, 1.807) is 6.07 Å². The minimum atomic E-state index is -3.89. The van der Waals surface area contributed by atoms with Crippen LogP contribution in [0.4, 0.5) is 11.4 Å². The summed E-state index contributed by atoms with van der Waals surface area (Å²) in [5, 5.41) is 13.5. The molecule has 1 aromatic carbocycles. The highest BCUT2D eigenvalue weighted by molar-refractivity contribution is 7.89. The molecular formula is C12H13N3O5S. The highest BCUT2D eigenvalue weighted by Crippen LogP contribution is 2.26. The van der Waals surface area contributed by atoms with E-state index >= 15 is 0 Å². The Morgan fingerprint density at radius 3 is 2.67 bits per heavy atom. The predicted octanol–water partition coefficient (Wildman–Crippen LogP) is 1.71. The number of rotatable bonds is 6. The number of nitro benzene ring substituents is 1. The first-order chi connectivity index (χ1) is 9.94. The van der Waals surface area contributed by atoms with Crippen LogP contribution in [0.25, 0.3) is 0 Å². The Morgan fingerprint density at radius 2 is 2.10 bits per heavy atom. The number of benzene rings is 1. The van der Waals surface area contributed by atoms with Gasteiger partial charge >= 0.3 is 0 Å². The van der Waals surface area contributed by atoms with E-state index < -0.39 is 14.9 Å². The molecule has 0 radical (unpaired) electrons. The summed E-state index contributed by atoms with van der Waals surface area (Å²) in [7, 11) is -2.36. The van der Waals surface area contributed by atoms with Crippen molar-refractivity contribution in [1.29, 1.82) is 0 Å². The summed E-state index contributed by atoms with van der Waals surface area (Å²) < 4.78 is 31.8. The number of nitrogens with zero attached hydrogens (tertiary/aromatic N) is 1. The van der Waals surface area contributed by atoms with Crippen molar-refractivity contribution < 1.29 is 17.8 Å². The van der Waals surface area contributed by atoms with E-state index in [4.69, 9.17) is 4.42 Å². The summed E-state index contributed by atoms with van der Waals surface area (Å²) in [5.41, 5.74) is 0.632. The maximum absolute atomic E-state index is 12.3. The first-order valence-corrected chi connectivity index (χ1v) is 7.39. The van der Waals surface area contributed by atoms with E-state index in [1.165, 1.54) is 31.7 Å². The van der Waals surface area contributed by atoms with Crippen LogP contribution in [0, 0.1) is 10.1 Å². The smallest absolute Gasteiger partial charge is 0.270 e. The Balaban J connectivity index is 2.33. The van der Waals surface area contributed by atoms with Crippen LogP contribution in [0.1, 0.15) is 5.56 Å². The van der Waals surface area contributed by atoms with E-state index in [2.05, 4.69) is 10.0 Å². The van der Waals surface area contributed by atoms with Gasteiger partial charge in [0.25, 0.3) is 5.69 Å². The lowest BCUT2D eigenvalue weighted by Crippen LogP contribution is -2.24. The zero-order valence-electron chi connectivity index (χ0n) is 11.1. The van der Waals surface area contributed by atoms with Crippen molar-refractivity contribution in [2.75, 3.05) is 12.4 Å². The fourth-order valence-corrected chi connectivity index (χ4v) is 2.95. The van der Waals surface area contributed by atoms with Crippen LogP contribution in [-0.4, -0.2) is 20.4 Å². The van der Waals surface area contributed by atoms with E-state index in [1.807, 2.05) is 0 Å². The average Bonchev–Trinajstić information content (AvgIpc) is 2.98. The second-order valence-corrected chi connectivity index (χ2v) is 5.88. The molecule has 9 heteroatoms. The van der Waals surface area contributed by atoms with Crippen LogP contribution in [0.15, 0.2) is 46.1 Å². The predicted molar refractivity (Wildman–Crippen MR) is 75.4 cm³/mol. The molecular weight excluding hydrogens is 298 g/mol. The summed E-state index contributed by atoms with van der Waals surface area (Å²) in [4.78, 5) is 9.96. The first-order valence-electron chi connectivity index (χ1n) is 5.91. The maximum atomic E-state index is 12.3. The molecule has 0 aliphatic heterocycles. The maximum Gasteiger partial charge on any atom is 0.270 e. The summed E-state index contributed by atoms with van der Waals surface area (Å²) in [6.07, 6.45) is 2.84. The molecule has 2 N–H and O–H groups in total. The fourth-order valence-electron chi connectivity index (χ4n) is 1.70. The van der Waals surface area contributed by atoms with E-state index in [0.29, 0.717) is 5.56 Å². The van der Waals surface area contributed by atoms with Gasteiger partial charge in [0.2, 0.25) is 10.0 Å². The van der Waals surface area contributed by atoms with Gasteiger partial charge in [0.1, 0.15) is 4.90 Å². The molecule has 0 saturated carbocycles. The third-order valence-electron chi connectivity index (χ3n) is 2.78. The Morgan fingerprint density at radius 1 is 1.33 bits per heavy atom. The number of nitrogens with one attached hydrogen (secondary N) is 2. The molecule has 112 valence electrons. The lowest BCUT2D eigenvalue weighted by atomic mass is 10.3. The molecule has 0 aliphatic rings. The van der Waals surface area contributed by atoms with Gasteiger partial charge in [-0.2, -0.15) is 0 Å². The Kier molecular flexibility index (Phi) is 4.24. The Bertz CT molecular complexity index is 740. The number of anilines is 1. The van der Waals surface area contributed by atoms with Crippen LogP contribution >= 0.6 is 0 Å². The van der Waals surface area contributed by atoms with Gasteiger partial charge < -0.3 is 9.73 Å². The monoisotopic (exact) mass is 311 g/mol. The molecule has 1 aromatic heterocycles. The van der Waals surface area contributed by atoms with Crippen molar-refractivity contribution in [3.05, 3.63) is 52.5 Å². The quantitative estimate of drug-likeness (QED) is 0.620. The van der Waals surface area contributed by atoms with Gasteiger partial charge in [-0.3, -0.25) is 10.1 Å². The van der Waals surface area contributed by atoms with Gasteiger partial charge in [0.15, 0.2) is 0 Å². The number of furan rings is 1. The van der Waals surface area contributed by atoms with Crippen LogP contribution in [0.2, 0.25) is 0 Å². The Labute approximate surface area is 121 Å². The SMILES string of the molecule is CNc1ccc([N+](=O)[O-])cc1S(=O)(=O)NCc1ccoc1. The second-order valence-electron chi connectivity index (χ2n) is 4.14. The molecule has 8 nitrogen and oxygen atoms in total. The molecule has 0 bridgehead atoms. The highest BCUT2D eigenvalue weighted by atomic mass is 32.2. The van der Waals surface area contributed by atoms with Crippen LogP contribution < -0.4 is 10.0 Å². The highest BCUT2D eigenvalue weighted by Gasteiger charge is 2.21. The third-order valence-corrected chi connectivity index (χ3v) is 4.22. The van der Waals surface area contributed by atoms with Gasteiger partial charge in [-0.1, -0.05) is 0 Å². The number of nitro groups is 1. The molecule has 0 saturated heterocycles. The number of hydrogen-bond donors (Lipinski definition) is 2. The zero-order chi connectivity index (χ0) is 15.5. The minimum Gasteiger partial charge on any atom is -0.472 e. The van der Waals surface area contributed by atoms with Crippen LogP contribution in [0.3, 0.4) is 0 Å². The van der Waals surface area contributed by atoms with Gasteiger partial charge in [-0.15, -0.1) is 0 Å². The van der Waals surface area contributed by atoms with Crippen molar-refractivity contribution in [2.45, 2.75) is 11.4 Å². The van der Waals surface area contributed by atoms with Crippen LogP contribution in [0.5, 0.6) is 0 Å². The summed E-state index contributed by atoms with van der Waals surface area (Å²) >= 11 is 0. The van der Waals surface area contributed by atoms with Crippen molar-refractivity contribution in [3.8, 4) is 0 Å². The largest absolute Gasteiger partial charge is 0.472 e. The van der Waals surface area contributed by atoms with Crippen molar-refractivity contribution >= 4 is 21.4 Å². The molecule has 2 rings (SSSR count).